The molecule has 0 spiro atoms. The number of hydrogen-bond donors (Lipinski definition) is 2. The molecule has 0 saturated carbocycles. The first-order valence-corrected chi connectivity index (χ1v) is 10.4. The number of carbonyl (C=O) groups is 1. The third kappa shape index (κ3) is 5.69. The van der Waals surface area contributed by atoms with Crippen molar-refractivity contribution >= 4 is 15.9 Å². The zero-order valence-corrected chi connectivity index (χ0v) is 16.3. The van der Waals surface area contributed by atoms with Crippen LogP contribution in [0.25, 0.3) is 0 Å². The second-order valence-corrected chi connectivity index (χ2v) is 8.05. The Bertz CT molecular complexity index is 1060. The molecule has 1 amide bonds. The van der Waals surface area contributed by atoms with Crippen molar-refractivity contribution in [1.29, 1.82) is 0 Å². The first-order chi connectivity index (χ1) is 14.0. The summed E-state index contributed by atoms with van der Waals surface area (Å²) >= 11 is 0. The molecule has 1 heterocycles. The second-order valence-electron chi connectivity index (χ2n) is 6.37. The lowest BCUT2D eigenvalue weighted by Crippen LogP contribution is -2.47. The summed E-state index contributed by atoms with van der Waals surface area (Å²) in [5.74, 6) is -1.39. The van der Waals surface area contributed by atoms with Gasteiger partial charge in [0.15, 0.2) is 0 Å². The lowest BCUT2D eigenvalue weighted by molar-refractivity contribution is -0.122. The lowest BCUT2D eigenvalue weighted by Gasteiger charge is -2.19. The number of hydrogen-bond acceptors (Lipinski definition) is 4. The van der Waals surface area contributed by atoms with Gasteiger partial charge in [-0.15, -0.1) is 0 Å². The molecule has 3 rings (SSSR count). The molecule has 29 heavy (non-hydrogen) atoms. The van der Waals surface area contributed by atoms with Gasteiger partial charge in [0.2, 0.25) is 15.9 Å². The number of nitrogens with zero attached hydrogens (tertiary/aromatic N) is 1. The van der Waals surface area contributed by atoms with E-state index in [1.165, 1.54) is 12.1 Å². The van der Waals surface area contributed by atoms with Crippen molar-refractivity contribution in [3.05, 3.63) is 96.1 Å². The first kappa shape index (κ1) is 20.6. The largest absolute Gasteiger partial charge is 0.351 e. The molecule has 0 saturated heterocycles. The Morgan fingerprint density at radius 3 is 2.28 bits per heavy atom. The van der Waals surface area contributed by atoms with Crippen LogP contribution in [0.3, 0.4) is 0 Å². The third-order valence-electron chi connectivity index (χ3n) is 4.24. The predicted molar refractivity (Wildman–Crippen MR) is 107 cm³/mol. The summed E-state index contributed by atoms with van der Waals surface area (Å²) in [6.07, 6.45) is 3.32. The molecule has 6 nitrogen and oxygen atoms in total. The second kappa shape index (κ2) is 9.40. The van der Waals surface area contributed by atoms with E-state index in [-0.39, 0.29) is 13.0 Å². The maximum Gasteiger partial charge on any atom is 0.244 e. The van der Waals surface area contributed by atoms with Gasteiger partial charge in [0, 0.05) is 18.9 Å². The van der Waals surface area contributed by atoms with Gasteiger partial charge in [-0.2, -0.15) is 4.72 Å². The number of aromatic nitrogens is 1. The summed E-state index contributed by atoms with van der Waals surface area (Å²) in [6, 6.07) is 16.4. The van der Waals surface area contributed by atoms with Crippen molar-refractivity contribution in [1.82, 2.24) is 15.0 Å². The molecule has 1 atom stereocenters. The van der Waals surface area contributed by atoms with E-state index in [0.29, 0.717) is 0 Å². The Morgan fingerprint density at radius 1 is 0.931 bits per heavy atom. The molecule has 1 aromatic heterocycles. The molecule has 0 radical (unpaired) electrons. The number of sulfonamides is 1. The Balaban J connectivity index is 1.80. The Hall–Kier alpha value is -3.10. The highest BCUT2D eigenvalue weighted by molar-refractivity contribution is 7.89. The van der Waals surface area contributed by atoms with Crippen LogP contribution in [-0.4, -0.2) is 25.4 Å². The molecule has 0 fully saturated rings. The molecule has 0 aliphatic carbocycles. The average molecular weight is 413 g/mol. The summed E-state index contributed by atoms with van der Waals surface area (Å²) in [4.78, 5) is 16.2. The monoisotopic (exact) mass is 413 g/mol. The molecule has 3 aromatic rings. The van der Waals surface area contributed by atoms with Crippen molar-refractivity contribution < 1.29 is 17.6 Å². The molecular weight excluding hydrogens is 393 g/mol. The standard InChI is InChI=1S/C21H20FN3O3S/c22-18-8-4-5-9-20(18)29(27,28)25-19(14-16-6-2-1-3-7-16)21(26)24-15-17-10-12-23-13-11-17/h1-13,19,25H,14-15H2,(H,24,26). The third-order valence-corrected chi connectivity index (χ3v) is 5.74. The number of nitrogens with one attached hydrogen (secondary N) is 2. The van der Waals surface area contributed by atoms with Crippen LogP contribution in [0.4, 0.5) is 4.39 Å². The highest BCUT2D eigenvalue weighted by atomic mass is 32.2. The molecular formula is C21H20FN3O3S. The molecule has 0 aliphatic heterocycles. The fourth-order valence-electron chi connectivity index (χ4n) is 2.76. The molecule has 0 aliphatic rings. The first-order valence-electron chi connectivity index (χ1n) is 8.93. The van der Waals surface area contributed by atoms with Crippen LogP contribution < -0.4 is 10.0 Å². The van der Waals surface area contributed by atoms with Gasteiger partial charge >= 0.3 is 0 Å². The van der Waals surface area contributed by atoms with Gasteiger partial charge in [-0.25, -0.2) is 12.8 Å². The van der Waals surface area contributed by atoms with Crippen molar-refractivity contribution in [2.24, 2.45) is 0 Å². The van der Waals surface area contributed by atoms with Crippen molar-refractivity contribution in [2.75, 3.05) is 0 Å². The van der Waals surface area contributed by atoms with Crippen LogP contribution >= 0.6 is 0 Å². The quantitative estimate of drug-likeness (QED) is 0.594. The lowest BCUT2D eigenvalue weighted by atomic mass is 10.1. The summed E-state index contributed by atoms with van der Waals surface area (Å²) in [7, 11) is -4.23. The summed E-state index contributed by atoms with van der Waals surface area (Å²) in [5, 5.41) is 2.72. The van der Waals surface area contributed by atoms with Crippen LogP contribution in [0.2, 0.25) is 0 Å². The zero-order chi connectivity index (χ0) is 20.7. The van der Waals surface area contributed by atoms with Crippen LogP contribution in [0.15, 0.2) is 84.0 Å². The van der Waals surface area contributed by atoms with E-state index in [1.807, 2.05) is 6.07 Å². The summed E-state index contributed by atoms with van der Waals surface area (Å²) < 4.78 is 41.7. The SMILES string of the molecule is O=C(NCc1ccncc1)C(Cc1ccccc1)NS(=O)(=O)c1ccccc1F. The smallest absolute Gasteiger partial charge is 0.244 e. The Labute approximate surface area is 168 Å². The number of halogens is 1. The summed E-state index contributed by atoms with van der Waals surface area (Å²) in [5.41, 5.74) is 1.59. The minimum atomic E-state index is -4.23. The molecule has 2 N–H and O–H groups in total. The molecule has 0 bridgehead atoms. The van der Waals surface area contributed by atoms with E-state index < -0.39 is 32.7 Å². The Morgan fingerprint density at radius 2 is 1.59 bits per heavy atom. The van der Waals surface area contributed by atoms with Gasteiger partial charge in [-0.3, -0.25) is 9.78 Å². The number of benzene rings is 2. The van der Waals surface area contributed by atoms with Crippen LogP contribution in [0.5, 0.6) is 0 Å². The maximum absolute atomic E-state index is 14.0. The van der Waals surface area contributed by atoms with Crippen LogP contribution in [0.1, 0.15) is 11.1 Å². The maximum atomic E-state index is 14.0. The van der Waals surface area contributed by atoms with Crippen LogP contribution in [0, 0.1) is 5.82 Å². The molecule has 2 aromatic carbocycles. The highest BCUT2D eigenvalue weighted by Crippen LogP contribution is 2.15. The molecule has 150 valence electrons. The normalized spacial score (nSPS) is 12.3. The minimum absolute atomic E-state index is 0.122. The van der Waals surface area contributed by atoms with Crippen molar-refractivity contribution in [2.45, 2.75) is 23.9 Å². The van der Waals surface area contributed by atoms with E-state index >= 15 is 0 Å². The van der Waals surface area contributed by atoms with Gasteiger partial charge in [0.05, 0.1) is 0 Å². The fourth-order valence-corrected chi connectivity index (χ4v) is 4.04. The van der Waals surface area contributed by atoms with Gasteiger partial charge in [-0.1, -0.05) is 42.5 Å². The number of carbonyl (C=O) groups excluding carboxylic acids is 1. The van der Waals surface area contributed by atoms with Crippen LogP contribution in [-0.2, 0) is 27.8 Å². The van der Waals surface area contributed by atoms with Gasteiger partial charge in [0.1, 0.15) is 16.8 Å². The Kier molecular flexibility index (Phi) is 6.69. The number of amides is 1. The fraction of sp³-hybridized carbons (Fsp3) is 0.143. The summed E-state index contributed by atoms with van der Waals surface area (Å²) in [6.45, 7) is 0.216. The highest BCUT2D eigenvalue weighted by Gasteiger charge is 2.27. The molecule has 8 heteroatoms. The zero-order valence-electron chi connectivity index (χ0n) is 15.5. The number of pyridine rings is 1. The van der Waals surface area contributed by atoms with E-state index in [4.69, 9.17) is 0 Å². The van der Waals surface area contributed by atoms with Gasteiger partial charge in [0.25, 0.3) is 0 Å². The van der Waals surface area contributed by atoms with Gasteiger partial charge in [-0.05, 0) is 41.8 Å². The number of rotatable bonds is 8. The molecule has 1 unspecified atom stereocenters. The predicted octanol–water partition coefficient (Wildman–Crippen LogP) is 2.43. The van der Waals surface area contributed by atoms with E-state index in [1.54, 1.807) is 48.8 Å². The topological polar surface area (TPSA) is 88.2 Å². The van der Waals surface area contributed by atoms with Crippen molar-refractivity contribution in [3.63, 3.8) is 0 Å². The van der Waals surface area contributed by atoms with Gasteiger partial charge < -0.3 is 5.32 Å². The minimum Gasteiger partial charge on any atom is -0.351 e. The van der Waals surface area contributed by atoms with E-state index in [9.17, 15) is 17.6 Å². The average Bonchev–Trinajstić information content (AvgIpc) is 2.73. The van der Waals surface area contributed by atoms with E-state index in [0.717, 1.165) is 23.3 Å². The van der Waals surface area contributed by atoms with Crippen molar-refractivity contribution in [3.8, 4) is 0 Å². The van der Waals surface area contributed by atoms with E-state index in [2.05, 4.69) is 15.0 Å².